The van der Waals surface area contributed by atoms with E-state index in [-0.39, 0.29) is 0 Å². The molecule has 5 atom stereocenters. The van der Waals surface area contributed by atoms with Crippen molar-refractivity contribution in [3.05, 3.63) is 48.5 Å². The molecule has 12 nitrogen and oxygen atoms in total. The highest BCUT2D eigenvalue weighted by atomic mass is 16.6. The summed E-state index contributed by atoms with van der Waals surface area (Å²) in [6.07, 6.45) is -1.79. The Labute approximate surface area is 201 Å². The number of hydrogen-bond donors (Lipinski definition) is 5. The highest BCUT2D eigenvalue weighted by molar-refractivity contribution is 5.89. The van der Waals surface area contributed by atoms with E-state index in [0.29, 0.717) is 29.1 Å². The lowest BCUT2D eigenvalue weighted by atomic mass is 9.97. The minimum Gasteiger partial charge on any atom is -0.394 e. The van der Waals surface area contributed by atoms with Gasteiger partial charge in [-0.3, -0.25) is 4.90 Å². The topological polar surface area (TPSA) is 160 Å². The average Bonchev–Trinajstić information content (AvgIpc) is 2.89. The third kappa shape index (κ3) is 5.03. The summed E-state index contributed by atoms with van der Waals surface area (Å²) < 4.78 is 5.28. The van der Waals surface area contributed by atoms with E-state index in [0.717, 1.165) is 32.1 Å². The number of fused-ring (bicyclic) bond motifs is 1. The van der Waals surface area contributed by atoms with Gasteiger partial charge < -0.3 is 35.4 Å². The van der Waals surface area contributed by atoms with Crippen molar-refractivity contribution in [3.63, 3.8) is 0 Å². The number of hydrogen-bond acceptors (Lipinski definition) is 12. The van der Waals surface area contributed by atoms with Crippen LogP contribution < -0.4 is 10.2 Å². The number of para-hydroxylation sites is 1. The minimum absolute atomic E-state index is 0.420. The summed E-state index contributed by atoms with van der Waals surface area (Å²) in [6.45, 7) is 3.14. The van der Waals surface area contributed by atoms with Gasteiger partial charge in [0.25, 0.3) is 0 Å². The molecule has 2 saturated heterocycles. The Bertz CT molecular complexity index is 1130. The van der Waals surface area contributed by atoms with Gasteiger partial charge >= 0.3 is 0 Å². The molecule has 3 aromatic rings. The molecular formula is C23H29N7O5. The lowest BCUT2D eigenvalue weighted by molar-refractivity contribution is -0.245. The highest BCUT2D eigenvalue weighted by Crippen LogP contribution is 2.27. The van der Waals surface area contributed by atoms with E-state index >= 15 is 0 Å². The Morgan fingerprint density at radius 2 is 1.69 bits per heavy atom. The monoisotopic (exact) mass is 483 g/mol. The predicted octanol–water partition coefficient (Wildman–Crippen LogP) is -1.05. The molecule has 2 fully saturated rings. The first-order valence-electron chi connectivity index (χ1n) is 11.6. The smallest absolute Gasteiger partial charge is 0.225 e. The largest absolute Gasteiger partial charge is 0.394 e. The summed E-state index contributed by atoms with van der Waals surface area (Å²) in [4.78, 5) is 22.4. The molecule has 5 N–H and O–H groups in total. The number of piperazine rings is 1. The molecule has 0 radical (unpaired) electrons. The van der Waals surface area contributed by atoms with Crippen LogP contribution in [0.5, 0.6) is 0 Å². The second kappa shape index (κ2) is 10.3. The fourth-order valence-electron chi connectivity index (χ4n) is 4.48. The van der Waals surface area contributed by atoms with Crippen LogP contribution in [0.15, 0.2) is 42.7 Å². The fourth-order valence-corrected chi connectivity index (χ4v) is 4.48. The summed E-state index contributed by atoms with van der Waals surface area (Å²) in [5.41, 5.74) is 0.714. The SMILES string of the molecule is OC[C@H]1OC(O)C(Nc2nc(CN3CCN(c4ncccn4)CC3)nc3ccccc23)[C@@H](O)C1O. The Morgan fingerprint density at radius 3 is 2.43 bits per heavy atom. The number of anilines is 2. The highest BCUT2D eigenvalue weighted by Gasteiger charge is 2.44. The second-order valence-electron chi connectivity index (χ2n) is 8.72. The van der Waals surface area contributed by atoms with Crippen LogP contribution in [0.2, 0.25) is 0 Å². The molecule has 0 saturated carbocycles. The number of nitrogens with zero attached hydrogens (tertiary/aromatic N) is 6. The van der Waals surface area contributed by atoms with Crippen LogP contribution in [0, 0.1) is 0 Å². The van der Waals surface area contributed by atoms with Gasteiger partial charge in [-0.05, 0) is 18.2 Å². The molecule has 12 heteroatoms. The van der Waals surface area contributed by atoms with Crippen molar-refractivity contribution >= 4 is 22.7 Å². The average molecular weight is 484 g/mol. The molecule has 3 unspecified atom stereocenters. The lowest BCUT2D eigenvalue weighted by Gasteiger charge is -2.40. The second-order valence-corrected chi connectivity index (χ2v) is 8.72. The zero-order valence-electron chi connectivity index (χ0n) is 19.1. The molecule has 5 rings (SSSR count). The van der Waals surface area contributed by atoms with E-state index < -0.39 is 37.3 Å². The lowest BCUT2D eigenvalue weighted by Crippen LogP contribution is -2.61. The number of aliphatic hydroxyl groups is 4. The fraction of sp³-hybridized carbons (Fsp3) is 0.478. The summed E-state index contributed by atoms with van der Waals surface area (Å²) in [5.74, 6) is 1.73. The van der Waals surface area contributed by atoms with Crippen molar-refractivity contribution in [2.24, 2.45) is 0 Å². The Kier molecular flexibility index (Phi) is 7.00. The first-order valence-corrected chi connectivity index (χ1v) is 11.6. The van der Waals surface area contributed by atoms with E-state index in [1.165, 1.54) is 0 Å². The summed E-state index contributed by atoms with van der Waals surface area (Å²) in [7, 11) is 0. The van der Waals surface area contributed by atoms with Crippen LogP contribution >= 0.6 is 0 Å². The summed E-state index contributed by atoms with van der Waals surface area (Å²) >= 11 is 0. The van der Waals surface area contributed by atoms with Crippen LogP contribution in [0.4, 0.5) is 11.8 Å². The molecule has 186 valence electrons. The molecule has 0 aliphatic carbocycles. The molecular weight excluding hydrogens is 454 g/mol. The number of ether oxygens (including phenoxy) is 1. The van der Waals surface area contributed by atoms with Crippen molar-refractivity contribution in [3.8, 4) is 0 Å². The van der Waals surface area contributed by atoms with Crippen molar-refractivity contribution in [1.29, 1.82) is 0 Å². The maximum atomic E-state index is 10.6. The van der Waals surface area contributed by atoms with E-state index in [9.17, 15) is 20.4 Å². The normalized spacial score (nSPS) is 27.8. The number of nitrogens with one attached hydrogen (secondary N) is 1. The number of aromatic nitrogens is 4. The predicted molar refractivity (Wildman–Crippen MR) is 126 cm³/mol. The third-order valence-corrected chi connectivity index (χ3v) is 6.43. The van der Waals surface area contributed by atoms with Gasteiger partial charge in [-0.2, -0.15) is 0 Å². The first-order chi connectivity index (χ1) is 17.0. The van der Waals surface area contributed by atoms with Gasteiger partial charge in [-0.15, -0.1) is 0 Å². The standard InChI is InChI=1S/C23H29N7O5/c31-13-16-19(32)20(33)18(22(34)35-16)28-21-14-4-1-2-5-15(14)26-17(27-21)12-29-8-10-30(11-9-29)23-24-6-3-7-25-23/h1-7,16,18-20,22,31-34H,8-13H2,(H,26,27,28)/t16-,18?,19?,20-,22?/m1/s1. The zero-order valence-corrected chi connectivity index (χ0v) is 19.1. The molecule has 35 heavy (non-hydrogen) atoms. The minimum atomic E-state index is -1.45. The van der Waals surface area contributed by atoms with E-state index in [2.05, 4.69) is 30.1 Å². The summed E-state index contributed by atoms with van der Waals surface area (Å²) in [5, 5.41) is 44.3. The van der Waals surface area contributed by atoms with Gasteiger partial charge in [0, 0.05) is 44.0 Å². The maximum absolute atomic E-state index is 10.6. The molecule has 2 aliphatic heterocycles. The molecule has 1 aromatic carbocycles. The van der Waals surface area contributed by atoms with Gasteiger partial charge in [-0.25, -0.2) is 19.9 Å². The Balaban J connectivity index is 1.33. The van der Waals surface area contributed by atoms with E-state index in [4.69, 9.17) is 9.72 Å². The van der Waals surface area contributed by atoms with Crippen LogP contribution in [0.25, 0.3) is 10.9 Å². The first kappa shape index (κ1) is 23.7. The van der Waals surface area contributed by atoms with E-state index in [1.807, 2.05) is 24.3 Å². The van der Waals surface area contributed by atoms with Gasteiger partial charge in [0.1, 0.15) is 36.0 Å². The van der Waals surface area contributed by atoms with Gasteiger partial charge in [-0.1, -0.05) is 12.1 Å². The van der Waals surface area contributed by atoms with Crippen LogP contribution in [-0.4, -0.2) is 109 Å². The number of rotatable bonds is 6. The molecule has 2 aliphatic rings. The van der Waals surface area contributed by atoms with Crippen LogP contribution in [-0.2, 0) is 11.3 Å². The molecule has 0 spiro atoms. The molecule has 0 amide bonds. The van der Waals surface area contributed by atoms with Gasteiger partial charge in [0.15, 0.2) is 6.29 Å². The molecule has 4 heterocycles. The Hall–Kier alpha value is -3.00. The third-order valence-electron chi connectivity index (χ3n) is 6.43. The van der Waals surface area contributed by atoms with Crippen molar-refractivity contribution in [2.45, 2.75) is 37.2 Å². The van der Waals surface area contributed by atoms with Crippen LogP contribution in [0.3, 0.4) is 0 Å². The number of aliphatic hydroxyl groups excluding tert-OH is 4. The molecule has 2 aromatic heterocycles. The van der Waals surface area contributed by atoms with Crippen molar-refractivity contribution in [2.75, 3.05) is 43.0 Å². The van der Waals surface area contributed by atoms with Crippen molar-refractivity contribution < 1.29 is 25.2 Å². The zero-order chi connectivity index (χ0) is 24.4. The molecule has 0 bridgehead atoms. The Morgan fingerprint density at radius 1 is 0.943 bits per heavy atom. The maximum Gasteiger partial charge on any atom is 0.225 e. The number of benzene rings is 1. The van der Waals surface area contributed by atoms with Gasteiger partial charge in [0.05, 0.1) is 18.7 Å². The van der Waals surface area contributed by atoms with E-state index in [1.54, 1.807) is 18.5 Å². The van der Waals surface area contributed by atoms with Crippen LogP contribution in [0.1, 0.15) is 5.82 Å². The summed E-state index contributed by atoms with van der Waals surface area (Å²) in [6, 6.07) is 8.19. The van der Waals surface area contributed by atoms with Gasteiger partial charge in [0.2, 0.25) is 5.95 Å². The van der Waals surface area contributed by atoms with Crippen molar-refractivity contribution in [1.82, 2.24) is 24.8 Å². The quantitative estimate of drug-likeness (QED) is 0.290.